The predicted octanol–water partition coefficient (Wildman–Crippen LogP) is 5.27. The van der Waals surface area contributed by atoms with Crippen molar-refractivity contribution >= 4 is 72.1 Å². The minimum Gasteiger partial charge on any atom is -0.481 e. The van der Waals surface area contributed by atoms with Gasteiger partial charge in [0.25, 0.3) is 17.7 Å². The maximum absolute atomic E-state index is 14.4. The third-order valence-corrected chi connectivity index (χ3v) is 14.3. The van der Waals surface area contributed by atoms with Crippen molar-refractivity contribution in [1.82, 2.24) is 25.0 Å². The van der Waals surface area contributed by atoms with Gasteiger partial charge in [0.2, 0.25) is 11.8 Å². The van der Waals surface area contributed by atoms with Crippen molar-refractivity contribution in [3.63, 3.8) is 0 Å². The second-order valence-electron chi connectivity index (χ2n) is 18.7. The highest BCUT2D eigenvalue weighted by Crippen LogP contribution is 2.37. The van der Waals surface area contributed by atoms with Crippen LogP contribution in [0, 0.1) is 23.7 Å². The van der Waals surface area contributed by atoms with Crippen molar-refractivity contribution in [2.24, 2.45) is 23.7 Å². The molecular formula is C48H69N6O15PS. The number of hydrogen-bond donors (Lipinski definition) is 5. The van der Waals surface area contributed by atoms with Crippen LogP contribution < -0.4 is 15.4 Å². The number of phosphoric ester groups is 1. The van der Waals surface area contributed by atoms with E-state index in [0.717, 1.165) is 54.2 Å². The van der Waals surface area contributed by atoms with Gasteiger partial charge < -0.3 is 39.9 Å². The molecule has 0 aliphatic carbocycles. The number of esters is 1. The Bertz CT molecular complexity index is 2300. The number of benzene rings is 1. The fraction of sp³-hybridized carbons (Fsp3) is 0.604. The number of anilines is 1. The number of ether oxygens (including phenoxy) is 2. The maximum atomic E-state index is 14.4. The number of likely N-dealkylation sites (tertiary alicyclic amines) is 1. The van der Waals surface area contributed by atoms with Crippen molar-refractivity contribution in [1.29, 1.82) is 0 Å². The number of imide groups is 1. The Balaban J connectivity index is 1.54. The molecule has 5 N–H and O–H groups in total. The van der Waals surface area contributed by atoms with Crippen LogP contribution in [0.2, 0.25) is 0 Å². The van der Waals surface area contributed by atoms with Gasteiger partial charge >= 0.3 is 19.8 Å². The standard InChI is InChI=1S/C48H69N6O15PS/c1-9-29(4)34(24-39(56)37-13-10-11-19-52(37)7)47(61)53(8)38(28(2)3)25-41(69-31(6)55)46-51-36(26-71-46)45(60)49-33(21-30(5)48(62)63)22-32-15-16-40(67-27-68-70(64,65)66)35(23-32)50-42(57)14-12-20-54-43(58)17-18-44(54)59/h15-18,23,26,28-30,33-34,37-38,41H,9-14,19-22,24-25,27H2,1-8H3,(H,49,60)(H,50,57)(H,62,63)(H2,64,65,66)/t29-,30?,33+,34-,37+,38+,41+/m0/s1. The molecule has 2 aromatic rings. The fourth-order valence-electron chi connectivity index (χ4n) is 8.73. The lowest BCUT2D eigenvalue weighted by Crippen LogP contribution is -2.48. The summed E-state index contributed by atoms with van der Waals surface area (Å²) in [5, 5.41) is 17.1. The molecule has 1 unspecified atom stereocenters. The van der Waals surface area contributed by atoms with Crippen LogP contribution in [-0.2, 0) is 53.8 Å². The molecule has 23 heteroatoms. The molecule has 0 spiro atoms. The summed E-state index contributed by atoms with van der Waals surface area (Å²) >= 11 is 1.07. The van der Waals surface area contributed by atoms with Crippen LogP contribution >= 0.6 is 19.2 Å². The number of nitrogens with one attached hydrogen (secondary N) is 2. The summed E-state index contributed by atoms with van der Waals surface area (Å²) in [6, 6.07) is 2.87. The minimum atomic E-state index is -4.93. The van der Waals surface area contributed by atoms with E-state index in [1.165, 1.54) is 31.4 Å². The van der Waals surface area contributed by atoms with E-state index in [-0.39, 0.29) is 96.8 Å². The van der Waals surface area contributed by atoms with E-state index >= 15 is 0 Å². The molecule has 0 saturated carbocycles. The summed E-state index contributed by atoms with van der Waals surface area (Å²) in [7, 11) is -1.29. The van der Waals surface area contributed by atoms with Crippen LogP contribution in [0.1, 0.15) is 126 Å². The molecule has 2 aliphatic rings. The predicted molar refractivity (Wildman–Crippen MR) is 261 cm³/mol. The van der Waals surface area contributed by atoms with Gasteiger partial charge in [-0.2, -0.15) is 0 Å². The van der Waals surface area contributed by atoms with E-state index in [0.29, 0.717) is 12.0 Å². The molecule has 1 fully saturated rings. The van der Waals surface area contributed by atoms with Gasteiger partial charge in [-0.15, -0.1) is 11.3 Å². The highest BCUT2D eigenvalue weighted by Gasteiger charge is 2.38. The number of amides is 5. The molecule has 1 saturated heterocycles. The molecule has 3 heterocycles. The summed E-state index contributed by atoms with van der Waals surface area (Å²) in [5.41, 5.74) is 0.468. The molecule has 0 bridgehead atoms. The van der Waals surface area contributed by atoms with Gasteiger partial charge in [0, 0.05) is 75.3 Å². The third kappa shape index (κ3) is 17.7. The molecular weight excluding hydrogens is 964 g/mol. The van der Waals surface area contributed by atoms with E-state index in [2.05, 4.69) is 25.0 Å². The number of carboxylic acids is 1. The zero-order valence-electron chi connectivity index (χ0n) is 41.7. The first-order valence-electron chi connectivity index (χ1n) is 23.8. The average Bonchev–Trinajstić information content (AvgIpc) is 3.92. The lowest BCUT2D eigenvalue weighted by Gasteiger charge is -2.37. The second kappa shape index (κ2) is 26.9. The second-order valence-corrected chi connectivity index (χ2v) is 20.8. The number of aliphatic carboxylic acids is 1. The molecule has 392 valence electrons. The lowest BCUT2D eigenvalue weighted by atomic mass is 9.83. The number of rotatable bonds is 28. The molecule has 21 nitrogen and oxygen atoms in total. The van der Waals surface area contributed by atoms with Gasteiger partial charge in [0.05, 0.1) is 17.6 Å². The molecule has 1 aromatic heterocycles. The van der Waals surface area contributed by atoms with Gasteiger partial charge in [-0.25, -0.2) is 14.1 Å². The van der Waals surface area contributed by atoms with Crippen molar-refractivity contribution in [2.45, 2.75) is 130 Å². The number of carbonyl (C=O) groups is 8. The Kier molecular flexibility index (Phi) is 22.0. The number of piperidine rings is 1. The number of phosphoric acid groups is 1. The summed E-state index contributed by atoms with van der Waals surface area (Å²) < 4.78 is 27.0. The van der Waals surface area contributed by atoms with E-state index in [4.69, 9.17) is 19.3 Å². The average molecular weight is 1030 g/mol. The minimum absolute atomic E-state index is 0.0156. The van der Waals surface area contributed by atoms with Crippen molar-refractivity contribution in [2.75, 3.05) is 39.3 Å². The Morgan fingerprint density at radius 1 is 1.03 bits per heavy atom. The molecule has 0 radical (unpaired) electrons. The molecule has 5 amide bonds. The van der Waals surface area contributed by atoms with E-state index < -0.39 is 80.2 Å². The Morgan fingerprint density at radius 3 is 2.32 bits per heavy atom. The first-order chi connectivity index (χ1) is 33.4. The summed E-state index contributed by atoms with van der Waals surface area (Å²) in [5.74, 6) is -5.84. The Morgan fingerprint density at radius 2 is 1.72 bits per heavy atom. The van der Waals surface area contributed by atoms with Gasteiger partial charge in [0.15, 0.2) is 18.7 Å². The molecule has 71 heavy (non-hydrogen) atoms. The summed E-state index contributed by atoms with van der Waals surface area (Å²) in [6.45, 7) is 10.5. The fourth-order valence-corrected chi connectivity index (χ4v) is 9.75. The summed E-state index contributed by atoms with van der Waals surface area (Å²) in [4.78, 5) is 131. The van der Waals surface area contributed by atoms with Crippen LogP contribution in [0.15, 0.2) is 35.7 Å². The summed E-state index contributed by atoms with van der Waals surface area (Å²) in [6.07, 6.45) is 4.90. The monoisotopic (exact) mass is 1030 g/mol. The van der Waals surface area contributed by atoms with Crippen LogP contribution in [0.4, 0.5) is 5.69 Å². The first-order valence-corrected chi connectivity index (χ1v) is 26.2. The number of carbonyl (C=O) groups excluding carboxylic acids is 7. The Labute approximate surface area is 418 Å². The molecule has 7 atom stereocenters. The van der Waals surface area contributed by atoms with Gasteiger partial charge in [-0.3, -0.25) is 48.2 Å². The van der Waals surface area contributed by atoms with Crippen LogP contribution in [-0.4, -0.2) is 134 Å². The van der Waals surface area contributed by atoms with Gasteiger partial charge in [0.1, 0.15) is 16.5 Å². The third-order valence-electron chi connectivity index (χ3n) is 12.9. The molecule has 2 aliphatic heterocycles. The number of carboxylic acid groups (broad SMARTS) is 1. The van der Waals surface area contributed by atoms with E-state index in [1.54, 1.807) is 18.0 Å². The molecule has 1 aromatic carbocycles. The van der Waals surface area contributed by atoms with Crippen molar-refractivity contribution < 1.29 is 71.8 Å². The lowest BCUT2D eigenvalue weighted by molar-refractivity contribution is -0.150. The number of thiazole rings is 1. The maximum Gasteiger partial charge on any atom is 0.472 e. The number of likely N-dealkylation sites (N-methyl/N-ethyl adjacent to an activating group) is 1. The number of nitrogens with zero attached hydrogens (tertiary/aromatic N) is 4. The largest absolute Gasteiger partial charge is 0.481 e. The van der Waals surface area contributed by atoms with Gasteiger partial charge in [-0.1, -0.05) is 53.5 Å². The molecule has 4 rings (SSSR count). The van der Waals surface area contributed by atoms with Crippen molar-refractivity contribution in [3.05, 3.63) is 52.0 Å². The zero-order valence-corrected chi connectivity index (χ0v) is 43.4. The Hall–Kier alpha value is -5.38. The van der Waals surface area contributed by atoms with Crippen molar-refractivity contribution in [3.8, 4) is 5.75 Å². The van der Waals surface area contributed by atoms with Crippen LogP contribution in [0.25, 0.3) is 0 Å². The van der Waals surface area contributed by atoms with E-state index in [9.17, 15) is 48.0 Å². The van der Waals surface area contributed by atoms with E-state index in [1.807, 2.05) is 34.7 Å². The normalized spacial score (nSPS) is 17.8. The van der Waals surface area contributed by atoms with Gasteiger partial charge in [-0.05, 0) is 75.2 Å². The number of aromatic nitrogens is 1. The number of ketones is 1. The zero-order chi connectivity index (χ0) is 52.7. The first kappa shape index (κ1) is 58.2. The number of Topliss-reactive ketones (excluding diaryl/α,β-unsaturated/α-hetero) is 1. The number of hydrogen-bond acceptors (Lipinski definition) is 15. The smallest absolute Gasteiger partial charge is 0.472 e. The highest BCUT2D eigenvalue weighted by molar-refractivity contribution is 7.46. The SMILES string of the molecule is CC[C@H](C)[C@H](CC(=O)[C@H]1CCCCN1C)C(=O)N(C)[C@H](C[C@@H](OC(C)=O)c1nc(C(=O)N[C@@H](Cc2ccc(OCOP(=O)(O)O)c(NC(=O)CCCN3C(=O)C=CC3=O)c2)CC(C)C(=O)O)cs1)C(C)C. The topological polar surface area (TPSA) is 289 Å². The quantitative estimate of drug-likeness (QED) is 0.0314. The van der Waals surface area contributed by atoms with Crippen LogP contribution in [0.5, 0.6) is 5.75 Å². The highest BCUT2D eigenvalue weighted by atomic mass is 32.1. The van der Waals surface area contributed by atoms with Crippen LogP contribution in [0.3, 0.4) is 0 Å².